The molecule has 2 amide bonds. The van der Waals surface area contributed by atoms with E-state index in [-0.39, 0.29) is 0 Å². The summed E-state index contributed by atoms with van der Waals surface area (Å²) in [7, 11) is -0.526. The Morgan fingerprint density at radius 3 is 2.48 bits per heavy atom. The minimum Gasteiger partial charge on any atom is -0.399 e. The molecule has 152 valence electrons. The number of halogens is 1. The monoisotopic (exact) mass is 414 g/mol. The molecule has 8 heteroatoms. The van der Waals surface area contributed by atoms with Crippen LogP contribution in [0.15, 0.2) is 53.4 Å². The summed E-state index contributed by atoms with van der Waals surface area (Å²) in [5.74, 6) is -0.400. The fourth-order valence-corrected chi connectivity index (χ4v) is 3.28. The smallest absolute Gasteiger partial charge is 0.399 e. The predicted octanol–water partition coefficient (Wildman–Crippen LogP) is 3.23. The van der Waals surface area contributed by atoms with Gasteiger partial charge in [-0.1, -0.05) is 23.7 Å². The minimum absolute atomic E-state index is 0.303. The summed E-state index contributed by atoms with van der Waals surface area (Å²) in [5, 5.41) is 3.15. The first kappa shape index (κ1) is 21.4. The molecule has 2 aliphatic rings. The number of carbonyl (C=O) groups is 2. The Morgan fingerprint density at radius 2 is 1.86 bits per heavy atom. The highest BCUT2D eigenvalue weighted by atomic mass is 35.5. The van der Waals surface area contributed by atoms with Crippen LogP contribution in [-0.2, 0) is 18.9 Å². The number of nitrogens with zero attached hydrogens (tertiary/aromatic N) is 1. The van der Waals surface area contributed by atoms with Crippen molar-refractivity contribution in [1.29, 1.82) is 0 Å². The Hall–Kier alpha value is -2.35. The van der Waals surface area contributed by atoms with Crippen molar-refractivity contribution in [2.24, 2.45) is 0 Å². The van der Waals surface area contributed by atoms with E-state index in [0.29, 0.717) is 22.8 Å². The molecular weight excluding hydrogens is 391 g/mol. The van der Waals surface area contributed by atoms with Gasteiger partial charge in [0.1, 0.15) is 0 Å². The molecule has 0 radical (unpaired) electrons. The summed E-state index contributed by atoms with van der Waals surface area (Å²) in [4.78, 5) is 25.0. The molecule has 0 bridgehead atoms. The molecular formula is C21H24BClN2O4. The van der Waals surface area contributed by atoms with E-state index in [9.17, 15) is 9.59 Å². The predicted molar refractivity (Wildman–Crippen MR) is 115 cm³/mol. The number of hydrogen-bond acceptors (Lipinski definition) is 4. The SMILES string of the molecule is Cc1c(NC(=O)/C=C2/C(Cl)=CC=CN2C=O)cccc1B1OC(C)(C)C(C)(C)O1. The molecule has 1 aromatic rings. The van der Waals surface area contributed by atoms with Crippen LogP contribution >= 0.6 is 11.6 Å². The van der Waals surface area contributed by atoms with Crippen molar-refractivity contribution in [2.75, 3.05) is 5.32 Å². The van der Waals surface area contributed by atoms with Crippen molar-refractivity contribution in [1.82, 2.24) is 4.90 Å². The van der Waals surface area contributed by atoms with Gasteiger partial charge in [-0.25, -0.2) is 0 Å². The lowest BCUT2D eigenvalue weighted by atomic mass is 9.76. The molecule has 6 nitrogen and oxygen atoms in total. The van der Waals surface area contributed by atoms with Gasteiger partial charge < -0.3 is 14.6 Å². The largest absolute Gasteiger partial charge is 0.495 e. The zero-order chi connectivity index (χ0) is 21.4. The molecule has 1 saturated heterocycles. The first-order chi connectivity index (χ1) is 13.6. The van der Waals surface area contributed by atoms with E-state index in [1.807, 2.05) is 46.8 Å². The number of carbonyl (C=O) groups excluding carboxylic acids is 2. The van der Waals surface area contributed by atoms with Gasteiger partial charge in [0.05, 0.1) is 21.9 Å². The number of benzene rings is 1. The third-order valence-corrected chi connectivity index (χ3v) is 5.85. The number of hydrogen-bond donors (Lipinski definition) is 1. The zero-order valence-electron chi connectivity index (χ0n) is 17.2. The van der Waals surface area contributed by atoms with Crippen molar-refractivity contribution in [3.8, 4) is 0 Å². The van der Waals surface area contributed by atoms with Crippen LogP contribution in [0.4, 0.5) is 5.69 Å². The molecule has 0 unspecified atom stereocenters. The second-order valence-corrected chi connectivity index (χ2v) is 8.40. The fraction of sp³-hybridized carbons (Fsp3) is 0.333. The standard InChI is InChI=1S/C21H24BClN2O4/c1-14-15(22-28-20(2,3)21(4,5)29-22)8-6-10-17(14)24-19(27)12-18-16(23)9-7-11-25(18)13-26/h6-13H,1-5H3,(H,24,27)/b18-12-. The highest BCUT2D eigenvalue weighted by Crippen LogP contribution is 2.37. The Bertz CT molecular complexity index is 921. The molecule has 0 atom stereocenters. The van der Waals surface area contributed by atoms with Gasteiger partial charge in [-0.15, -0.1) is 0 Å². The minimum atomic E-state index is -0.526. The van der Waals surface area contributed by atoms with E-state index in [1.165, 1.54) is 17.2 Å². The van der Waals surface area contributed by atoms with Crippen molar-refractivity contribution in [2.45, 2.75) is 45.8 Å². The summed E-state index contributed by atoms with van der Waals surface area (Å²) in [6.07, 6.45) is 6.66. The molecule has 1 aromatic carbocycles. The topological polar surface area (TPSA) is 67.9 Å². The van der Waals surface area contributed by atoms with Crippen LogP contribution in [0.1, 0.15) is 33.3 Å². The fourth-order valence-electron chi connectivity index (χ4n) is 3.05. The van der Waals surface area contributed by atoms with Crippen LogP contribution in [0.25, 0.3) is 0 Å². The van der Waals surface area contributed by atoms with E-state index < -0.39 is 24.2 Å². The third-order valence-electron chi connectivity index (χ3n) is 5.53. The van der Waals surface area contributed by atoms with Crippen molar-refractivity contribution < 1.29 is 18.9 Å². The molecule has 3 rings (SSSR count). The molecule has 1 fully saturated rings. The van der Waals surface area contributed by atoms with Crippen LogP contribution < -0.4 is 10.8 Å². The molecule has 29 heavy (non-hydrogen) atoms. The van der Waals surface area contributed by atoms with Crippen LogP contribution in [0.3, 0.4) is 0 Å². The summed E-state index contributed by atoms with van der Waals surface area (Å²) in [6.45, 7) is 9.88. The Labute approximate surface area is 176 Å². The van der Waals surface area contributed by atoms with E-state index in [4.69, 9.17) is 20.9 Å². The lowest BCUT2D eigenvalue weighted by molar-refractivity contribution is -0.114. The molecule has 2 heterocycles. The van der Waals surface area contributed by atoms with Crippen LogP contribution in [0.2, 0.25) is 0 Å². The number of anilines is 1. The summed E-state index contributed by atoms with van der Waals surface area (Å²) in [6, 6.07) is 5.56. The van der Waals surface area contributed by atoms with Gasteiger partial charge in [0.25, 0.3) is 5.91 Å². The van der Waals surface area contributed by atoms with Crippen LogP contribution in [0, 0.1) is 6.92 Å². The number of nitrogens with one attached hydrogen (secondary N) is 1. The lowest BCUT2D eigenvalue weighted by Gasteiger charge is -2.32. The quantitative estimate of drug-likeness (QED) is 0.467. The van der Waals surface area contributed by atoms with Gasteiger partial charge in [0.15, 0.2) is 0 Å². The van der Waals surface area contributed by atoms with E-state index >= 15 is 0 Å². The van der Waals surface area contributed by atoms with Crippen molar-refractivity contribution in [3.63, 3.8) is 0 Å². The van der Waals surface area contributed by atoms with E-state index in [2.05, 4.69) is 5.32 Å². The number of amides is 2. The second kappa shape index (κ2) is 7.82. The summed E-state index contributed by atoms with van der Waals surface area (Å²) < 4.78 is 12.3. The third kappa shape index (κ3) is 4.17. The molecule has 2 aliphatic heterocycles. The summed E-state index contributed by atoms with van der Waals surface area (Å²) >= 11 is 6.13. The molecule has 0 aromatic heterocycles. The Balaban J connectivity index is 1.83. The maximum absolute atomic E-state index is 12.6. The van der Waals surface area contributed by atoms with Gasteiger partial charge >= 0.3 is 7.12 Å². The molecule has 1 N–H and O–H groups in total. The number of rotatable bonds is 4. The highest BCUT2D eigenvalue weighted by molar-refractivity contribution is 6.62. The maximum Gasteiger partial charge on any atom is 0.495 e. The normalized spacial score (nSPS) is 21.3. The van der Waals surface area contributed by atoms with Gasteiger partial charge in [0, 0.05) is 18.0 Å². The Kier molecular flexibility index (Phi) is 5.76. The molecule has 0 saturated carbocycles. The zero-order valence-corrected chi connectivity index (χ0v) is 17.9. The van der Waals surface area contributed by atoms with Crippen LogP contribution in [-0.4, -0.2) is 35.5 Å². The van der Waals surface area contributed by atoms with Gasteiger partial charge in [-0.2, -0.15) is 0 Å². The van der Waals surface area contributed by atoms with Gasteiger partial charge in [-0.3, -0.25) is 14.5 Å². The molecule has 0 spiro atoms. The van der Waals surface area contributed by atoms with Crippen molar-refractivity contribution in [3.05, 3.63) is 58.9 Å². The van der Waals surface area contributed by atoms with Crippen LogP contribution in [0.5, 0.6) is 0 Å². The first-order valence-electron chi connectivity index (χ1n) is 9.31. The molecule has 0 aliphatic carbocycles. The first-order valence-corrected chi connectivity index (χ1v) is 9.69. The number of allylic oxidation sites excluding steroid dienone is 3. The maximum atomic E-state index is 12.6. The summed E-state index contributed by atoms with van der Waals surface area (Å²) in [5.41, 5.74) is 1.72. The van der Waals surface area contributed by atoms with E-state index in [0.717, 1.165) is 11.0 Å². The average Bonchev–Trinajstić information content (AvgIpc) is 2.86. The van der Waals surface area contributed by atoms with Gasteiger partial charge in [0.2, 0.25) is 6.41 Å². The van der Waals surface area contributed by atoms with E-state index in [1.54, 1.807) is 18.2 Å². The average molecular weight is 415 g/mol. The highest BCUT2D eigenvalue weighted by Gasteiger charge is 2.52. The van der Waals surface area contributed by atoms with Crippen molar-refractivity contribution >= 4 is 42.2 Å². The van der Waals surface area contributed by atoms with Gasteiger partial charge in [-0.05, 0) is 63.9 Å². The Morgan fingerprint density at radius 1 is 1.21 bits per heavy atom. The second-order valence-electron chi connectivity index (χ2n) is 8.00. The lowest BCUT2D eigenvalue weighted by Crippen LogP contribution is -2.41.